The smallest absolute Gasteiger partial charge is 0.322 e. The molecule has 0 saturated carbocycles. The number of likely N-dealkylation sites (tertiary alicyclic amines) is 1. The second-order valence-corrected chi connectivity index (χ2v) is 5.95. The first-order valence-electron chi connectivity index (χ1n) is 7.98. The molecule has 3 rings (SSSR count). The first-order chi connectivity index (χ1) is 11.1. The van der Waals surface area contributed by atoms with Gasteiger partial charge in [-0.05, 0) is 19.8 Å². The van der Waals surface area contributed by atoms with E-state index in [-0.39, 0.29) is 12.3 Å². The molecule has 2 N–H and O–H groups in total. The normalized spacial score (nSPS) is 22.1. The number of hydrogen-bond acceptors (Lipinski definition) is 4. The van der Waals surface area contributed by atoms with Gasteiger partial charge in [0, 0.05) is 37.9 Å². The van der Waals surface area contributed by atoms with Gasteiger partial charge in [-0.3, -0.25) is 14.9 Å². The van der Waals surface area contributed by atoms with Crippen LogP contribution in [-0.2, 0) is 16.1 Å². The number of nitrogens with one attached hydrogen (secondary N) is 2. The number of amides is 4. The highest BCUT2D eigenvalue weighted by molar-refractivity contribution is 6.05. The molecule has 0 aromatic carbocycles. The zero-order valence-corrected chi connectivity index (χ0v) is 13.1. The number of nitrogens with zero attached hydrogens (tertiary/aromatic N) is 3. The zero-order chi connectivity index (χ0) is 16.4. The van der Waals surface area contributed by atoms with E-state index < -0.39 is 18.0 Å². The van der Waals surface area contributed by atoms with Crippen LogP contribution in [-0.4, -0.2) is 51.4 Å². The molecular formula is C15H21N5O3. The van der Waals surface area contributed by atoms with Gasteiger partial charge >= 0.3 is 6.03 Å². The predicted octanol–water partition coefficient (Wildman–Crippen LogP) is 0.207. The first-order valence-corrected chi connectivity index (χ1v) is 7.98. The molecule has 2 fully saturated rings. The average Bonchev–Trinajstić information content (AvgIpc) is 3.14. The number of piperidine rings is 1. The van der Waals surface area contributed by atoms with Crippen molar-refractivity contribution in [2.45, 2.75) is 44.7 Å². The van der Waals surface area contributed by atoms with E-state index in [0.29, 0.717) is 19.0 Å². The minimum absolute atomic E-state index is 0.0197. The van der Waals surface area contributed by atoms with Crippen LogP contribution in [0.4, 0.5) is 4.79 Å². The van der Waals surface area contributed by atoms with Crippen molar-refractivity contribution in [2.24, 2.45) is 0 Å². The Morgan fingerprint density at radius 3 is 2.70 bits per heavy atom. The Morgan fingerprint density at radius 1 is 1.35 bits per heavy atom. The van der Waals surface area contributed by atoms with E-state index >= 15 is 0 Å². The van der Waals surface area contributed by atoms with Gasteiger partial charge in [0.15, 0.2) is 0 Å². The molecule has 0 spiro atoms. The third kappa shape index (κ3) is 3.20. The maximum absolute atomic E-state index is 12.3. The van der Waals surface area contributed by atoms with Gasteiger partial charge in [-0.1, -0.05) is 0 Å². The van der Waals surface area contributed by atoms with Gasteiger partial charge in [0.2, 0.25) is 5.91 Å². The standard InChI is InChI=1S/C15H21N5O3/c1-2-19-8-5-16-13(19)10-3-6-20(7-4-10)12(21)9-11-14(22)18-15(23)17-11/h5,8,10-11H,2-4,6-7,9H2,1H3,(H2,17,18,22,23). The molecular weight excluding hydrogens is 298 g/mol. The van der Waals surface area contributed by atoms with Gasteiger partial charge in [-0.15, -0.1) is 0 Å². The fraction of sp³-hybridized carbons (Fsp3) is 0.600. The molecule has 1 aromatic rings. The minimum Gasteiger partial charge on any atom is -0.343 e. The van der Waals surface area contributed by atoms with Crippen molar-refractivity contribution < 1.29 is 14.4 Å². The van der Waals surface area contributed by atoms with Crippen LogP contribution in [0.3, 0.4) is 0 Å². The zero-order valence-electron chi connectivity index (χ0n) is 13.1. The number of aryl methyl sites for hydroxylation is 1. The van der Waals surface area contributed by atoms with Crippen LogP contribution in [0.2, 0.25) is 0 Å². The molecule has 1 unspecified atom stereocenters. The molecule has 124 valence electrons. The van der Waals surface area contributed by atoms with Crippen molar-refractivity contribution in [3.8, 4) is 0 Å². The predicted molar refractivity (Wildman–Crippen MR) is 81.5 cm³/mol. The van der Waals surface area contributed by atoms with Crippen LogP contribution >= 0.6 is 0 Å². The van der Waals surface area contributed by atoms with Crippen LogP contribution in [0.5, 0.6) is 0 Å². The summed E-state index contributed by atoms with van der Waals surface area (Å²) in [6.07, 6.45) is 5.55. The van der Waals surface area contributed by atoms with Gasteiger partial charge in [0.25, 0.3) is 5.91 Å². The number of aromatic nitrogens is 2. The van der Waals surface area contributed by atoms with Gasteiger partial charge < -0.3 is 14.8 Å². The number of hydrogen-bond donors (Lipinski definition) is 2. The monoisotopic (exact) mass is 319 g/mol. The molecule has 0 aliphatic carbocycles. The summed E-state index contributed by atoms with van der Waals surface area (Å²) in [5, 5.41) is 4.60. The lowest BCUT2D eigenvalue weighted by atomic mass is 9.95. The molecule has 23 heavy (non-hydrogen) atoms. The summed E-state index contributed by atoms with van der Waals surface area (Å²) >= 11 is 0. The van der Waals surface area contributed by atoms with E-state index in [1.807, 2.05) is 12.4 Å². The average molecular weight is 319 g/mol. The number of imide groups is 1. The Bertz CT molecular complexity index is 618. The highest BCUT2D eigenvalue weighted by atomic mass is 16.2. The summed E-state index contributed by atoms with van der Waals surface area (Å²) < 4.78 is 2.14. The van der Waals surface area contributed by atoms with Crippen molar-refractivity contribution >= 4 is 17.8 Å². The minimum atomic E-state index is -0.744. The highest BCUT2D eigenvalue weighted by Crippen LogP contribution is 2.27. The van der Waals surface area contributed by atoms with Crippen LogP contribution in [0, 0.1) is 0 Å². The number of carbonyl (C=O) groups is 3. The van der Waals surface area contributed by atoms with Crippen molar-refractivity contribution in [3.63, 3.8) is 0 Å². The number of carbonyl (C=O) groups excluding carboxylic acids is 3. The quantitative estimate of drug-likeness (QED) is 0.775. The van der Waals surface area contributed by atoms with Crippen molar-refractivity contribution in [3.05, 3.63) is 18.2 Å². The van der Waals surface area contributed by atoms with E-state index in [1.165, 1.54) is 0 Å². The summed E-state index contributed by atoms with van der Waals surface area (Å²) in [7, 11) is 0. The van der Waals surface area contributed by atoms with E-state index in [2.05, 4.69) is 27.1 Å². The summed E-state index contributed by atoms with van der Waals surface area (Å²) in [5.74, 6) is 0.929. The SMILES string of the molecule is CCn1ccnc1C1CCN(C(=O)CC2NC(=O)NC2=O)CC1. The topological polar surface area (TPSA) is 96.3 Å². The Kier molecular flexibility index (Phi) is 4.31. The molecule has 1 aromatic heterocycles. The van der Waals surface area contributed by atoms with Gasteiger partial charge in [-0.2, -0.15) is 0 Å². The van der Waals surface area contributed by atoms with Crippen LogP contribution in [0.25, 0.3) is 0 Å². The van der Waals surface area contributed by atoms with Gasteiger partial charge in [0.05, 0.1) is 6.42 Å². The lowest BCUT2D eigenvalue weighted by molar-refractivity contribution is -0.134. The number of imidazole rings is 1. The number of rotatable bonds is 4. The van der Waals surface area contributed by atoms with Crippen LogP contribution in [0.1, 0.15) is 37.9 Å². The van der Waals surface area contributed by atoms with Crippen LogP contribution in [0.15, 0.2) is 12.4 Å². The van der Waals surface area contributed by atoms with Crippen molar-refractivity contribution in [1.29, 1.82) is 0 Å². The van der Waals surface area contributed by atoms with Crippen molar-refractivity contribution in [1.82, 2.24) is 25.1 Å². The lowest BCUT2D eigenvalue weighted by Gasteiger charge is -2.32. The van der Waals surface area contributed by atoms with E-state index in [0.717, 1.165) is 25.2 Å². The van der Waals surface area contributed by atoms with Gasteiger partial charge in [-0.25, -0.2) is 9.78 Å². The summed E-state index contributed by atoms with van der Waals surface area (Å²) in [4.78, 5) is 41.1. The third-order valence-electron chi connectivity index (χ3n) is 4.54. The molecule has 2 saturated heterocycles. The van der Waals surface area contributed by atoms with Crippen molar-refractivity contribution in [2.75, 3.05) is 13.1 Å². The summed E-state index contributed by atoms with van der Waals surface area (Å²) in [6, 6.07) is -1.27. The third-order valence-corrected chi connectivity index (χ3v) is 4.54. The molecule has 3 heterocycles. The number of urea groups is 1. The second kappa shape index (κ2) is 6.39. The Morgan fingerprint density at radius 2 is 2.09 bits per heavy atom. The molecule has 0 radical (unpaired) electrons. The second-order valence-electron chi connectivity index (χ2n) is 5.95. The Balaban J connectivity index is 1.53. The summed E-state index contributed by atoms with van der Waals surface area (Å²) in [6.45, 7) is 4.29. The fourth-order valence-corrected chi connectivity index (χ4v) is 3.24. The van der Waals surface area contributed by atoms with E-state index in [1.54, 1.807) is 4.90 Å². The Labute approximate surface area is 134 Å². The Hall–Kier alpha value is -2.38. The van der Waals surface area contributed by atoms with E-state index in [9.17, 15) is 14.4 Å². The molecule has 8 heteroatoms. The highest BCUT2D eigenvalue weighted by Gasteiger charge is 2.34. The molecule has 8 nitrogen and oxygen atoms in total. The van der Waals surface area contributed by atoms with Gasteiger partial charge in [0.1, 0.15) is 11.9 Å². The van der Waals surface area contributed by atoms with E-state index in [4.69, 9.17) is 0 Å². The largest absolute Gasteiger partial charge is 0.343 e. The first kappa shape index (κ1) is 15.5. The summed E-state index contributed by atoms with van der Waals surface area (Å²) in [5.41, 5.74) is 0. The molecule has 4 amide bonds. The molecule has 2 aliphatic rings. The van der Waals surface area contributed by atoms with Crippen LogP contribution < -0.4 is 10.6 Å². The molecule has 1 atom stereocenters. The fourth-order valence-electron chi connectivity index (χ4n) is 3.24. The lowest BCUT2D eigenvalue weighted by Crippen LogP contribution is -2.42. The maximum Gasteiger partial charge on any atom is 0.322 e. The molecule has 2 aliphatic heterocycles. The maximum atomic E-state index is 12.3. The molecule has 0 bridgehead atoms.